The molecule has 1 heterocycles. The first kappa shape index (κ1) is 8.76. The Morgan fingerprint density at radius 2 is 2.21 bits per heavy atom. The second kappa shape index (κ2) is 3.51. The molecule has 0 unspecified atom stereocenters. The zero-order chi connectivity index (χ0) is 9.97. The molecule has 0 N–H and O–H groups in total. The average molecular weight is 185 g/mol. The maximum Gasteiger partial charge on any atom is 0.0685 e. The van der Waals surface area contributed by atoms with Gasteiger partial charge in [-0.2, -0.15) is 10.4 Å². The summed E-state index contributed by atoms with van der Waals surface area (Å²) in [6.07, 6.45) is 0.505. The molecule has 0 fully saturated rings. The van der Waals surface area contributed by atoms with Crippen molar-refractivity contribution >= 4 is 10.9 Å². The first-order valence-corrected chi connectivity index (χ1v) is 4.62. The minimum atomic E-state index is 0.505. The smallest absolute Gasteiger partial charge is 0.0685 e. The van der Waals surface area contributed by atoms with E-state index in [9.17, 15) is 0 Å². The van der Waals surface area contributed by atoms with E-state index in [0.717, 1.165) is 11.2 Å². The maximum absolute atomic E-state index is 8.52. The fourth-order valence-corrected chi connectivity index (χ4v) is 1.62. The Hall–Kier alpha value is -1.82. The highest BCUT2D eigenvalue weighted by molar-refractivity contribution is 5.81. The lowest BCUT2D eigenvalue weighted by Gasteiger charge is -1.97. The lowest BCUT2D eigenvalue weighted by Crippen LogP contribution is -1.98. The molecule has 0 radical (unpaired) electrons. The molecule has 0 aliphatic carbocycles. The molecule has 2 rings (SSSR count). The van der Waals surface area contributed by atoms with Gasteiger partial charge in [-0.1, -0.05) is 18.2 Å². The summed E-state index contributed by atoms with van der Waals surface area (Å²) < 4.78 is 1.90. The molecule has 2 aromatic rings. The Morgan fingerprint density at radius 1 is 1.43 bits per heavy atom. The predicted octanol–water partition coefficient (Wildman–Crippen LogP) is 2.26. The van der Waals surface area contributed by atoms with E-state index in [4.69, 9.17) is 5.26 Å². The van der Waals surface area contributed by atoms with Gasteiger partial charge in [0.1, 0.15) is 0 Å². The minimum absolute atomic E-state index is 0.505. The lowest BCUT2D eigenvalue weighted by molar-refractivity contribution is 0.643. The fourth-order valence-electron chi connectivity index (χ4n) is 1.62. The Bertz CT molecular complexity index is 491. The molecule has 0 aliphatic heterocycles. The van der Waals surface area contributed by atoms with Gasteiger partial charge in [-0.3, -0.25) is 4.68 Å². The van der Waals surface area contributed by atoms with Crippen molar-refractivity contribution in [1.82, 2.24) is 9.78 Å². The van der Waals surface area contributed by atoms with Crippen molar-refractivity contribution < 1.29 is 0 Å². The van der Waals surface area contributed by atoms with Gasteiger partial charge in [-0.25, -0.2) is 0 Å². The van der Waals surface area contributed by atoms with Gasteiger partial charge in [0.25, 0.3) is 0 Å². The highest BCUT2D eigenvalue weighted by atomic mass is 15.3. The Balaban J connectivity index is 2.51. The third-order valence-electron chi connectivity index (χ3n) is 2.28. The third kappa shape index (κ3) is 1.35. The molecule has 14 heavy (non-hydrogen) atoms. The first-order valence-electron chi connectivity index (χ1n) is 4.62. The van der Waals surface area contributed by atoms with E-state index >= 15 is 0 Å². The molecule has 0 saturated carbocycles. The molecule has 0 bridgehead atoms. The van der Waals surface area contributed by atoms with Gasteiger partial charge < -0.3 is 0 Å². The summed E-state index contributed by atoms with van der Waals surface area (Å²) in [6, 6.07) is 10.2. The molecule has 1 aromatic heterocycles. The number of nitriles is 1. The van der Waals surface area contributed by atoms with E-state index in [-0.39, 0.29) is 0 Å². The summed E-state index contributed by atoms with van der Waals surface area (Å²) in [5.74, 6) is 0. The van der Waals surface area contributed by atoms with Crippen LogP contribution in [0.1, 0.15) is 12.1 Å². The molecule has 3 nitrogen and oxygen atoms in total. The van der Waals surface area contributed by atoms with E-state index in [1.54, 1.807) is 0 Å². The van der Waals surface area contributed by atoms with Crippen molar-refractivity contribution in [3.05, 3.63) is 30.0 Å². The third-order valence-corrected chi connectivity index (χ3v) is 2.28. The number of fused-ring (bicyclic) bond motifs is 1. The summed E-state index contributed by atoms with van der Waals surface area (Å²) in [4.78, 5) is 0. The van der Waals surface area contributed by atoms with Crippen LogP contribution in [0.2, 0.25) is 0 Å². The van der Waals surface area contributed by atoms with Gasteiger partial charge in [0, 0.05) is 5.39 Å². The van der Waals surface area contributed by atoms with Crippen LogP contribution in [0.3, 0.4) is 0 Å². The number of hydrogen-bond acceptors (Lipinski definition) is 2. The second-order valence-electron chi connectivity index (χ2n) is 3.23. The number of benzene rings is 1. The van der Waals surface area contributed by atoms with Crippen LogP contribution < -0.4 is 0 Å². The standard InChI is InChI=1S/C11H11N3/c1-9-10-5-2-3-6-11(10)14(13-9)8-4-7-12/h2-3,5-6H,4,8H2,1H3. The molecular formula is C11H11N3. The number of aromatic nitrogens is 2. The summed E-state index contributed by atoms with van der Waals surface area (Å²) in [5.41, 5.74) is 2.14. The topological polar surface area (TPSA) is 41.6 Å². The average Bonchev–Trinajstić information content (AvgIpc) is 2.54. The van der Waals surface area contributed by atoms with Gasteiger partial charge in [0.2, 0.25) is 0 Å². The zero-order valence-corrected chi connectivity index (χ0v) is 8.07. The van der Waals surface area contributed by atoms with Crippen LogP contribution in [0.25, 0.3) is 10.9 Å². The molecule has 0 spiro atoms. The Labute approximate surface area is 82.6 Å². The predicted molar refractivity (Wildman–Crippen MR) is 54.7 cm³/mol. The molecule has 70 valence electrons. The van der Waals surface area contributed by atoms with Crippen LogP contribution in [0.5, 0.6) is 0 Å². The van der Waals surface area contributed by atoms with Crippen LogP contribution >= 0.6 is 0 Å². The summed E-state index contributed by atoms with van der Waals surface area (Å²) >= 11 is 0. The van der Waals surface area contributed by atoms with Crippen molar-refractivity contribution in [1.29, 1.82) is 5.26 Å². The minimum Gasteiger partial charge on any atom is -0.264 e. The summed E-state index contributed by atoms with van der Waals surface area (Å²) in [5, 5.41) is 14.1. The van der Waals surface area contributed by atoms with E-state index in [2.05, 4.69) is 17.2 Å². The van der Waals surface area contributed by atoms with Crippen LogP contribution in [-0.4, -0.2) is 9.78 Å². The lowest BCUT2D eigenvalue weighted by atomic mass is 10.2. The van der Waals surface area contributed by atoms with Gasteiger partial charge in [0.05, 0.1) is 30.2 Å². The van der Waals surface area contributed by atoms with Crippen molar-refractivity contribution in [3.63, 3.8) is 0 Å². The quantitative estimate of drug-likeness (QED) is 0.720. The van der Waals surface area contributed by atoms with Crippen molar-refractivity contribution in [2.24, 2.45) is 0 Å². The zero-order valence-electron chi connectivity index (χ0n) is 8.07. The molecule has 3 heteroatoms. The molecule has 0 saturated heterocycles. The van der Waals surface area contributed by atoms with Gasteiger partial charge >= 0.3 is 0 Å². The summed E-state index contributed by atoms with van der Waals surface area (Å²) in [7, 11) is 0. The fraction of sp³-hybridized carbons (Fsp3) is 0.273. The van der Waals surface area contributed by atoms with E-state index in [1.807, 2.05) is 29.8 Å². The number of nitrogens with zero attached hydrogens (tertiary/aromatic N) is 3. The largest absolute Gasteiger partial charge is 0.264 e. The second-order valence-corrected chi connectivity index (χ2v) is 3.23. The molecule has 0 aliphatic rings. The van der Waals surface area contributed by atoms with Crippen molar-refractivity contribution in [3.8, 4) is 6.07 Å². The number of aryl methyl sites for hydroxylation is 2. The first-order chi connectivity index (χ1) is 6.83. The van der Waals surface area contributed by atoms with Gasteiger partial charge in [-0.15, -0.1) is 0 Å². The maximum atomic E-state index is 8.52. The number of hydrogen-bond donors (Lipinski definition) is 0. The van der Waals surface area contributed by atoms with Gasteiger partial charge in [-0.05, 0) is 13.0 Å². The van der Waals surface area contributed by atoms with E-state index < -0.39 is 0 Å². The summed E-state index contributed by atoms with van der Waals surface area (Å²) in [6.45, 7) is 2.66. The normalized spacial score (nSPS) is 10.3. The SMILES string of the molecule is Cc1nn(CCC#N)c2ccccc12. The Kier molecular flexibility index (Phi) is 2.19. The van der Waals surface area contributed by atoms with Gasteiger partial charge in [0.15, 0.2) is 0 Å². The van der Waals surface area contributed by atoms with Crippen molar-refractivity contribution in [2.45, 2.75) is 19.9 Å². The highest BCUT2D eigenvalue weighted by Gasteiger charge is 2.04. The van der Waals surface area contributed by atoms with E-state index in [0.29, 0.717) is 13.0 Å². The Morgan fingerprint density at radius 3 is 3.00 bits per heavy atom. The van der Waals surface area contributed by atoms with Crippen LogP contribution in [0.4, 0.5) is 0 Å². The molecule has 0 amide bonds. The molecule has 1 aromatic carbocycles. The molecular weight excluding hydrogens is 174 g/mol. The van der Waals surface area contributed by atoms with Crippen LogP contribution in [0, 0.1) is 18.3 Å². The monoisotopic (exact) mass is 185 g/mol. The van der Waals surface area contributed by atoms with Crippen LogP contribution in [-0.2, 0) is 6.54 Å². The number of para-hydroxylation sites is 1. The van der Waals surface area contributed by atoms with Crippen molar-refractivity contribution in [2.75, 3.05) is 0 Å². The highest BCUT2D eigenvalue weighted by Crippen LogP contribution is 2.17. The van der Waals surface area contributed by atoms with E-state index in [1.165, 1.54) is 5.39 Å². The number of rotatable bonds is 2. The van der Waals surface area contributed by atoms with Crippen LogP contribution in [0.15, 0.2) is 24.3 Å². The molecule has 0 atom stereocenters.